The van der Waals surface area contributed by atoms with Gasteiger partial charge in [-0.2, -0.15) is 0 Å². The van der Waals surface area contributed by atoms with Crippen LogP contribution in [0.15, 0.2) is 12.1 Å². The van der Waals surface area contributed by atoms with Crippen molar-refractivity contribution in [1.29, 1.82) is 0 Å². The Morgan fingerprint density at radius 2 is 1.60 bits per heavy atom. The zero-order valence-corrected chi connectivity index (χ0v) is 21.1. The molecule has 3 N–H and O–H groups in total. The fraction of sp³-hybridized carbons (Fsp3) is 0.654. The molecule has 1 aromatic carbocycles. The van der Waals surface area contributed by atoms with Gasteiger partial charge in [-0.25, -0.2) is 0 Å². The Morgan fingerprint density at radius 1 is 0.943 bits per heavy atom. The number of amides is 1. The SMILES string of the molecule is CC(C)c1cc(-c2nnc(C(=O)NC3CC3)n2C2CCC(N3CCN(C)CC3)CC2)c(O)cc1O. The maximum absolute atomic E-state index is 13.1. The average Bonchev–Trinajstić information content (AvgIpc) is 3.54. The molecule has 190 valence electrons. The van der Waals surface area contributed by atoms with E-state index in [0.29, 0.717) is 23.3 Å². The lowest BCUT2D eigenvalue weighted by molar-refractivity contribution is 0.0810. The highest BCUT2D eigenvalue weighted by molar-refractivity contribution is 5.92. The zero-order valence-electron chi connectivity index (χ0n) is 21.1. The third kappa shape index (κ3) is 5.02. The third-order valence-electron chi connectivity index (χ3n) is 7.91. The van der Waals surface area contributed by atoms with Gasteiger partial charge in [0.1, 0.15) is 11.5 Å². The second kappa shape index (κ2) is 9.78. The number of nitrogens with one attached hydrogen (secondary N) is 1. The van der Waals surface area contributed by atoms with Gasteiger partial charge in [0.25, 0.3) is 5.91 Å². The number of benzene rings is 1. The van der Waals surface area contributed by atoms with Crippen molar-refractivity contribution in [2.45, 2.75) is 76.4 Å². The third-order valence-corrected chi connectivity index (χ3v) is 7.91. The summed E-state index contributed by atoms with van der Waals surface area (Å²) in [6, 6.07) is 4.03. The summed E-state index contributed by atoms with van der Waals surface area (Å²) in [5.74, 6) is 0.687. The Bertz CT molecular complexity index is 1060. The molecule has 1 amide bonds. The summed E-state index contributed by atoms with van der Waals surface area (Å²) < 4.78 is 1.95. The molecule has 1 aliphatic heterocycles. The van der Waals surface area contributed by atoms with E-state index < -0.39 is 0 Å². The molecule has 2 saturated carbocycles. The Balaban J connectivity index is 1.45. The smallest absolute Gasteiger partial charge is 0.289 e. The van der Waals surface area contributed by atoms with Gasteiger partial charge in [0, 0.05) is 50.4 Å². The minimum absolute atomic E-state index is 0.0548. The molecule has 2 aromatic rings. The molecule has 9 nitrogen and oxygen atoms in total. The summed E-state index contributed by atoms with van der Waals surface area (Å²) >= 11 is 0. The summed E-state index contributed by atoms with van der Waals surface area (Å²) in [5.41, 5.74) is 1.24. The molecular formula is C26H38N6O3. The lowest BCUT2D eigenvalue weighted by atomic mass is 9.89. The van der Waals surface area contributed by atoms with Gasteiger partial charge in [-0.3, -0.25) is 14.3 Å². The van der Waals surface area contributed by atoms with Gasteiger partial charge in [-0.1, -0.05) is 13.8 Å². The molecule has 2 aliphatic carbocycles. The second-order valence-electron chi connectivity index (χ2n) is 10.8. The molecule has 0 atom stereocenters. The van der Waals surface area contributed by atoms with Crippen LogP contribution in [0.25, 0.3) is 11.4 Å². The molecule has 35 heavy (non-hydrogen) atoms. The first-order chi connectivity index (χ1) is 16.8. The topological polar surface area (TPSA) is 107 Å². The summed E-state index contributed by atoms with van der Waals surface area (Å²) in [7, 11) is 2.18. The number of piperazine rings is 1. The van der Waals surface area contributed by atoms with E-state index in [4.69, 9.17) is 0 Å². The van der Waals surface area contributed by atoms with Gasteiger partial charge in [-0.15, -0.1) is 10.2 Å². The summed E-state index contributed by atoms with van der Waals surface area (Å²) in [6.45, 7) is 8.43. The highest BCUT2D eigenvalue weighted by Crippen LogP contribution is 2.40. The fourth-order valence-corrected chi connectivity index (χ4v) is 5.56. The molecular weight excluding hydrogens is 444 g/mol. The lowest BCUT2D eigenvalue weighted by Gasteiger charge is -2.41. The van der Waals surface area contributed by atoms with Crippen LogP contribution in [0.1, 0.15) is 80.5 Å². The molecule has 9 heteroatoms. The summed E-state index contributed by atoms with van der Waals surface area (Å²) in [6.07, 6.45) is 5.99. The van der Waals surface area contributed by atoms with Crippen LogP contribution in [0.4, 0.5) is 0 Å². The van der Waals surface area contributed by atoms with Crippen molar-refractivity contribution in [3.05, 3.63) is 23.5 Å². The minimum atomic E-state index is -0.199. The van der Waals surface area contributed by atoms with E-state index in [9.17, 15) is 15.0 Å². The van der Waals surface area contributed by atoms with Gasteiger partial charge in [0.15, 0.2) is 5.82 Å². The van der Waals surface area contributed by atoms with E-state index in [1.807, 2.05) is 18.4 Å². The van der Waals surface area contributed by atoms with Gasteiger partial charge in [0.2, 0.25) is 5.82 Å². The summed E-state index contributed by atoms with van der Waals surface area (Å²) in [4.78, 5) is 18.1. The zero-order chi connectivity index (χ0) is 24.7. The Morgan fingerprint density at radius 3 is 2.23 bits per heavy atom. The van der Waals surface area contributed by atoms with Gasteiger partial charge >= 0.3 is 0 Å². The lowest BCUT2D eigenvalue weighted by Crippen LogP contribution is -2.50. The number of aromatic nitrogens is 3. The maximum atomic E-state index is 13.1. The number of phenolic OH excluding ortho intramolecular Hbond substituents is 2. The number of phenols is 2. The predicted octanol–water partition coefficient (Wildman–Crippen LogP) is 3.10. The van der Waals surface area contributed by atoms with E-state index in [1.54, 1.807) is 6.07 Å². The molecule has 1 saturated heterocycles. The second-order valence-corrected chi connectivity index (χ2v) is 10.8. The van der Waals surface area contributed by atoms with Gasteiger partial charge in [0.05, 0.1) is 5.56 Å². The van der Waals surface area contributed by atoms with E-state index in [1.165, 1.54) is 6.07 Å². The maximum Gasteiger partial charge on any atom is 0.289 e. The van der Waals surface area contributed by atoms with Crippen LogP contribution in [-0.2, 0) is 0 Å². The number of aromatic hydroxyl groups is 2. The predicted molar refractivity (Wildman–Crippen MR) is 134 cm³/mol. The van der Waals surface area contributed by atoms with Crippen molar-refractivity contribution in [2.75, 3.05) is 33.2 Å². The number of hydrogen-bond acceptors (Lipinski definition) is 7. The monoisotopic (exact) mass is 482 g/mol. The van der Waals surface area contributed by atoms with E-state index in [-0.39, 0.29) is 35.4 Å². The highest BCUT2D eigenvalue weighted by atomic mass is 16.3. The number of rotatable bonds is 6. The van der Waals surface area contributed by atoms with E-state index in [2.05, 4.69) is 32.4 Å². The van der Waals surface area contributed by atoms with Crippen molar-refractivity contribution in [3.63, 3.8) is 0 Å². The van der Waals surface area contributed by atoms with E-state index in [0.717, 1.165) is 70.3 Å². The molecule has 5 rings (SSSR count). The first-order valence-electron chi connectivity index (χ1n) is 13.1. The minimum Gasteiger partial charge on any atom is -0.508 e. The van der Waals surface area contributed by atoms with Crippen LogP contribution in [0.3, 0.4) is 0 Å². The Hall–Kier alpha value is -2.65. The van der Waals surface area contributed by atoms with Crippen LogP contribution < -0.4 is 5.32 Å². The molecule has 0 unspecified atom stereocenters. The molecule has 3 fully saturated rings. The van der Waals surface area contributed by atoms with Crippen molar-refractivity contribution >= 4 is 5.91 Å². The number of likely N-dealkylation sites (N-methyl/N-ethyl adjacent to an activating group) is 1. The number of hydrogen-bond donors (Lipinski definition) is 3. The van der Waals surface area contributed by atoms with Crippen molar-refractivity contribution in [1.82, 2.24) is 29.9 Å². The van der Waals surface area contributed by atoms with Crippen LogP contribution in [0.2, 0.25) is 0 Å². The molecule has 0 spiro atoms. The molecule has 2 heterocycles. The number of carbonyl (C=O) groups excluding carboxylic acids is 1. The standard InChI is InChI=1S/C26H38N6O3/c1-16(2)20-14-21(23(34)15-22(20)33)24-28-29-25(26(35)27-17-4-5-17)32(24)19-8-6-18(7-9-19)31-12-10-30(3)11-13-31/h14-19,33-34H,4-13H2,1-3H3,(H,27,35). The molecule has 1 aromatic heterocycles. The Labute approximate surface area is 207 Å². The normalized spacial score (nSPS) is 24.1. The highest BCUT2D eigenvalue weighted by Gasteiger charge is 2.34. The van der Waals surface area contributed by atoms with Crippen molar-refractivity contribution < 1.29 is 15.0 Å². The molecule has 3 aliphatic rings. The fourth-order valence-electron chi connectivity index (χ4n) is 5.56. The van der Waals surface area contributed by atoms with Crippen LogP contribution in [-0.4, -0.2) is 86.0 Å². The number of carbonyl (C=O) groups is 1. The molecule has 0 bridgehead atoms. The summed E-state index contributed by atoms with van der Waals surface area (Å²) in [5, 5.41) is 32.9. The van der Waals surface area contributed by atoms with Gasteiger partial charge in [-0.05, 0) is 63.1 Å². The van der Waals surface area contributed by atoms with Crippen LogP contribution in [0, 0.1) is 0 Å². The first-order valence-corrected chi connectivity index (χ1v) is 13.1. The Kier molecular flexibility index (Phi) is 6.72. The number of nitrogens with zero attached hydrogens (tertiary/aromatic N) is 5. The largest absolute Gasteiger partial charge is 0.508 e. The van der Waals surface area contributed by atoms with Crippen molar-refractivity contribution in [3.8, 4) is 22.9 Å². The average molecular weight is 483 g/mol. The molecule has 0 radical (unpaired) electrons. The van der Waals surface area contributed by atoms with Crippen LogP contribution >= 0.6 is 0 Å². The van der Waals surface area contributed by atoms with Crippen LogP contribution in [0.5, 0.6) is 11.5 Å². The first kappa shape index (κ1) is 24.1. The quantitative estimate of drug-likeness (QED) is 0.581. The van der Waals surface area contributed by atoms with Gasteiger partial charge < -0.3 is 20.4 Å². The van der Waals surface area contributed by atoms with Crippen molar-refractivity contribution in [2.24, 2.45) is 0 Å². The van der Waals surface area contributed by atoms with E-state index >= 15 is 0 Å².